The van der Waals surface area contributed by atoms with Crippen molar-refractivity contribution in [1.82, 2.24) is 4.98 Å². The number of furan rings is 1. The summed E-state index contributed by atoms with van der Waals surface area (Å²) in [6.07, 6.45) is 0. The number of benzene rings is 2. The Morgan fingerprint density at radius 1 is 1.00 bits per heavy atom. The monoisotopic (exact) mass is 334 g/mol. The lowest BCUT2D eigenvalue weighted by Gasteiger charge is -2.05. The van der Waals surface area contributed by atoms with Crippen LogP contribution in [0.25, 0.3) is 20.8 Å². The van der Waals surface area contributed by atoms with Crippen LogP contribution < -0.4 is 5.32 Å². The number of rotatable bonds is 4. The Kier molecular flexibility index (Phi) is 3.82. The number of thiazole rings is 1. The van der Waals surface area contributed by atoms with Crippen LogP contribution in [-0.4, -0.2) is 4.98 Å². The Labute approximate surface area is 145 Å². The number of anilines is 1. The van der Waals surface area contributed by atoms with Gasteiger partial charge in [0.1, 0.15) is 16.5 Å². The first-order chi connectivity index (χ1) is 11.7. The molecule has 0 aliphatic heterocycles. The lowest BCUT2D eigenvalue weighted by Crippen LogP contribution is -1.97. The molecule has 2 aromatic heterocycles. The third-order valence-corrected chi connectivity index (χ3v) is 5.01. The summed E-state index contributed by atoms with van der Waals surface area (Å²) < 4.78 is 6.81. The maximum absolute atomic E-state index is 5.57. The van der Waals surface area contributed by atoms with Gasteiger partial charge in [-0.05, 0) is 67.9 Å². The summed E-state index contributed by atoms with van der Waals surface area (Å²) in [4.78, 5) is 4.73. The van der Waals surface area contributed by atoms with Gasteiger partial charge in [0, 0.05) is 11.3 Å². The molecule has 1 N–H and O–H groups in total. The van der Waals surface area contributed by atoms with Crippen LogP contribution in [0.3, 0.4) is 0 Å². The zero-order chi connectivity index (χ0) is 16.5. The molecule has 0 aliphatic carbocycles. The van der Waals surface area contributed by atoms with Gasteiger partial charge in [0.25, 0.3) is 0 Å². The van der Waals surface area contributed by atoms with Crippen LogP contribution in [0.4, 0.5) is 5.69 Å². The smallest absolute Gasteiger partial charge is 0.124 e. The molecule has 0 amide bonds. The van der Waals surface area contributed by atoms with Crippen molar-refractivity contribution >= 4 is 27.2 Å². The average molecular weight is 334 g/mol. The first-order valence-electron chi connectivity index (χ1n) is 7.94. The van der Waals surface area contributed by atoms with E-state index in [0.29, 0.717) is 6.54 Å². The van der Waals surface area contributed by atoms with Gasteiger partial charge in [-0.1, -0.05) is 6.07 Å². The molecule has 4 aromatic rings. The summed E-state index contributed by atoms with van der Waals surface area (Å²) >= 11 is 1.74. The number of aromatic nitrogens is 1. The van der Waals surface area contributed by atoms with E-state index in [1.54, 1.807) is 11.3 Å². The zero-order valence-corrected chi connectivity index (χ0v) is 14.5. The van der Waals surface area contributed by atoms with E-state index in [1.165, 1.54) is 10.3 Å². The molecule has 0 saturated carbocycles. The molecule has 0 bridgehead atoms. The van der Waals surface area contributed by atoms with E-state index in [0.717, 1.165) is 33.3 Å². The van der Waals surface area contributed by atoms with Crippen LogP contribution in [0.15, 0.2) is 59.0 Å². The van der Waals surface area contributed by atoms with Gasteiger partial charge in [0.2, 0.25) is 0 Å². The Bertz CT molecular complexity index is 982. The fourth-order valence-electron chi connectivity index (χ4n) is 2.66. The minimum absolute atomic E-state index is 0.688. The van der Waals surface area contributed by atoms with Crippen molar-refractivity contribution in [1.29, 1.82) is 0 Å². The third-order valence-electron chi connectivity index (χ3n) is 3.94. The Balaban J connectivity index is 1.51. The van der Waals surface area contributed by atoms with E-state index in [9.17, 15) is 0 Å². The van der Waals surface area contributed by atoms with Crippen LogP contribution in [0.1, 0.15) is 17.1 Å². The van der Waals surface area contributed by atoms with E-state index >= 15 is 0 Å². The number of hydrogen-bond donors (Lipinski definition) is 1. The van der Waals surface area contributed by atoms with E-state index in [2.05, 4.69) is 54.7 Å². The highest BCUT2D eigenvalue weighted by Crippen LogP contribution is 2.31. The quantitative estimate of drug-likeness (QED) is 0.513. The van der Waals surface area contributed by atoms with Crippen molar-refractivity contribution in [3.63, 3.8) is 0 Å². The minimum atomic E-state index is 0.688. The van der Waals surface area contributed by atoms with Gasteiger partial charge in [-0.25, -0.2) is 4.98 Å². The van der Waals surface area contributed by atoms with Gasteiger partial charge in [-0.2, -0.15) is 0 Å². The van der Waals surface area contributed by atoms with Gasteiger partial charge < -0.3 is 9.73 Å². The summed E-state index contributed by atoms with van der Waals surface area (Å²) in [5.74, 6) is 1.88. The summed E-state index contributed by atoms with van der Waals surface area (Å²) in [5, 5.41) is 4.44. The topological polar surface area (TPSA) is 38.1 Å². The van der Waals surface area contributed by atoms with E-state index in [4.69, 9.17) is 9.40 Å². The molecule has 4 rings (SSSR count). The second-order valence-electron chi connectivity index (χ2n) is 5.93. The van der Waals surface area contributed by atoms with Gasteiger partial charge in [-0.3, -0.25) is 0 Å². The SMILES string of the molecule is Cc1ccc2nc(-c3ccc(NCc4ccc(C)o4)cc3)sc2c1. The second kappa shape index (κ2) is 6.13. The number of nitrogens with zero attached hydrogens (tertiary/aromatic N) is 1. The van der Waals surface area contributed by atoms with Crippen LogP contribution in [0.2, 0.25) is 0 Å². The fraction of sp³-hybridized carbons (Fsp3) is 0.150. The number of aryl methyl sites for hydroxylation is 2. The first-order valence-corrected chi connectivity index (χ1v) is 8.76. The van der Waals surface area contributed by atoms with Crippen molar-refractivity contribution in [3.05, 3.63) is 71.7 Å². The van der Waals surface area contributed by atoms with Crippen LogP contribution in [-0.2, 0) is 6.54 Å². The van der Waals surface area contributed by atoms with Crippen LogP contribution >= 0.6 is 11.3 Å². The van der Waals surface area contributed by atoms with Crippen molar-refractivity contribution in [2.75, 3.05) is 5.32 Å². The molecule has 0 aliphatic rings. The highest BCUT2D eigenvalue weighted by Gasteiger charge is 2.06. The van der Waals surface area contributed by atoms with E-state index < -0.39 is 0 Å². The zero-order valence-electron chi connectivity index (χ0n) is 13.7. The highest BCUT2D eigenvalue weighted by atomic mass is 32.1. The molecular formula is C20H18N2OS. The number of fused-ring (bicyclic) bond motifs is 1. The summed E-state index contributed by atoms with van der Waals surface area (Å²) in [5.41, 5.74) is 4.56. The fourth-order valence-corrected chi connectivity index (χ4v) is 3.72. The van der Waals surface area contributed by atoms with E-state index in [1.807, 2.05) is 19.1 Å². The van der Waals surface area contributed by atoms with Gasteiger partial charge in [-0.15, -0.1) is 11.3 Å². The van der Waals surface area contributed by atoms with E-state index in [-0.39, 0.29) is 0 Å². The standard InChI is InChI=1S/C20H18N2OS/c1-13-3-10-18-19(11-13)24-20(22-18)15-5-7-16(8-6-15)21-12-17-9-4-14(2)23-17/h3-11,21H,12H2,1-2H3. The number of hydrogen-bond acceptors (Lipinski definition) is 4. The van der Waals surface area contributed by atoms with Crippen molar-refractivity contribution in [2.24, 2.45) is 0 Å². The Hall–Kier alpha value is -2.59. The Morgan fingerprint density at radius 2 is 1.83 bits per heavy atom. The molecule has 0 fully saturated rings. The summed E-state index contributed by atoms with van der Waals surface area (Å²) in [7, 11) is 0. The predicted octanol–water partition coefficient (Wildman–Crippen LogP) is 5.79. The molecule has 0 saturated heterocycles. The van der Waals surface area contributed by atoms with Crippen molar-refractivity contribution in [2.45, 2.75) is 20.4 Å². The maximum Gasteiger partial charge on any atom is 0.124 e. The van der Waals surface area contributed by atoms with Crippen molar-refractivity contribution in [3.8, 4) is 10.6 Å². The predicted molar refractivity (Wildman–Crippen MR) is 101 cm³/mol. The molecule has 0 unspecified atom stereocenters. The summed E-state index contributed by atoms with van der Waals surface area (Å²) in [6.45, 7) is 4.76. The second-order valence-corrected chi connectivity index (χ2v) is 6.96. The molecule has 24 heavy (non-hydrogen) atoms. The van der Waals surface area contributed by atoms with Gasteiger partial charge >= 0.3 is 0 Å². The average Bonchev–Trinajstić information content (AvgIpc) is 3.19. The highest BCUT2D eigenvalue weighted by molar-refractivity contribution is 7.21. The largest absolute Gasteiger partial charge is 0.465 e. The molecule has 2 heterocycles. The first kappa shape index (κ1) is 15.0. The van der Waals surface area contributed by atoms with Crippen LogP contribution in [0.5, 0.6) is 0 Å². The molecule has 4 heteroatoms. The van der Waals surface area contributed by atoms with Gasteiger partial charge in [0.05, 0.1) is 16.8 Å². The number of nitrogens with one attached hydrogen (secondary N) is 1. The molecule has 2 aromatic carbocycles. The maximum atomic E-state index is 5.57. The lowest BCUT2D eigenvalue weighted by molar-refractivity contribution is 0.490. The Morgan fingerprint density at radius 3 is 2.58 bits per heavy atom. The lowest BCUT2D eigenvalue weighted by atomic mass is 10.2. The normalized spacial score (nSPS) is 11.1. The molecule has 3 nitrogen and oxygen atoms in total. The molecular weight excluding hydrogens is 316 g/mol. The minimum Gasteiger partial charge on any atom is -0.465 e. The molecule has 120 valence electrons. The van der Waals surface area contributed by atoms with Gasteiger partial charge in [0.15, 0.2) is 0 Å². The van der Waals surface area contributed by atoms with Crippen molar-refractivity contribution < 1.29 is 4.42 Å². The summed E-state index contributed by atoms with van der Waals surface area (Å²) in [6, 6.07) is 18.8. The molecule has 0 spiro atoms. The third kappa shape index (κ3) is 3.05. The van der Waals surface area contributed by atoms with Crippen LogP contribution in [0, 0.1) is 13.8 Å². The molecule has 0 radical (unpaired) electrons. The molecule has 0 atom stereocenters.